The molecule has 0 saturated heterocycles. The second-order valence-corrected chi connectivity index (χ2v) is 11.6. The van der Waals surface area contributed by atoms with E-state index in [1.807, 2.05) is 0 Å². The van der Waals surface area contributed by atoms with Crippen LogP contribution in [0.5, 0.6) is 11.5 Å². The Morgan fingerprint density at radius 3 is 2.56 bits per heavy atom. The summed E-state index contributed by atoms with van der Waals surface area (Å²) in [6.07, 6.45) is 6.84. The third kappa shape index (κ3) is 7.09. The van der Waals surface area contributed by atoms with Gasteiger partial charge in [0.05, 0.1) is 31.5 Å². The number of benzene rings is 1. The second-order valence-electron chi connectivity index (χ2n) is 11.6. The molecule has 6 atom stereocenters. The number of phenolic OH excluding ortho intramolecular Hbond substituents is 1. The molecule has 0 aromatic heterocycles. The van der Waals surface area contributed by atoms with Crippen molar-refractivity contribution < 1.29 is 44.6 Å². The van der Waals surface area contributed by atoms with Crippen LogP contribution in [0.4, 0.5) is 4.79 Å². The average Bonchev–Trinajstić information content (AvgIpc) is 2.99. The molecule has 3 aliphatic rings. The van der Waals surface area contributed by atoms with Crippen molar-refractivity contribution in [2.24, 2.45) is 22.9 Å². The molecule has 2 amide bonds. The summed E-state index contributed by atoms with van der Waals surface area (Å²) in [7, 11) is 3.07. The Balaban J connectivity index is 1.79. The van der Waals surface area contributed by atoms with Gasteiger partial charge in [-0.25, -0.2) is 4.79 Å². The van der Waals surface area contributed by atoms with Crippen LogP contribution in [0.15, 0.2) is 35.0 Å². The molecule has 6 N–H and O–H groups in total. The minimum absolute atomic E-state index is 0.0281. The van der Waals surface area contributed by atoms with E-state index < -0.39 is 23.8 Å². The number of aromatic hydroxyl groups is 1. The van der Waals surface area contributed by atoms with Crippen LogP contribution in [0.25, 0.3) is 0 Å². The third-order valence-corrected chi connectivity index (χ3v) is 9.01. The first kappa shape index (κ1) is 33.0. The van der Waals surface area contributed by atoms with Gasteiger partial charge in [-0.15, -0.1) is 0 Å². The fraction of sp³-hybridized carbons (Fsp3) is 0.677. The summed E-state index contributed by atoms with van der Waals surface area (Å²) in [6, 6.07) is 3.63. The van der Waals surface area contributed by atoms with E-state index in [2.05, 4.69) is 16.5 Å². The van der Waals surface area contributed by atoms with Gasteiger partial charge in [-0.05, 0) is 61.3 Å². The molecule has 0 spiro atoms. The van der Waals surface area contributed by atoms with Crippen molar-refractivity contribution in [2.45, 2.75) is 62.7 Å². The number of phenols is 1. The molecule has 6 unspecified atom stereocenters. The molecular formula is C31H47N3O9. The van der Waals surface area contributed by atoms with Crippen molar-refractivity contribution in [2.75, 3.05) is 53.7 Å². The van der Waals surface area contributed by atoms with E-state index in [0.29, 0.717) is 24.3 Å². The summed E-state index contributed by atoms with van der Waals surface area (Å²) >= 11 is 0. The van der Waals surface area contributed by atoms with Crippen LogP contribution in [0.3, 0.4) is 0 Å². The molecule has 1 aromatic carbocycles. The Labute approximate surface area is 252 Å². The Kier molecular flexibility index (Phi) is 11.7. The standard InChI is InChI=1S/C31H47N3O9/c1-34(30(39)32-11-15-42-16-14-37)27-19-25(33-41-2)23-17-20(7-3-5-12-35)22(8-4-6-13-36)28-24-18-21(38)9-10-26(24)43-31(27,40)29(23)28/h9-10,17-18,20,22,27-29,35-38,40H,3-8,11-16,19H2,1-2H3,(H,32,39). The lowest BCUT2D eigenvalue weighted by Gasteiger charge is -2.58. The summed E-state index contributed by atoms with van der Waals surface area (Å²) in [4.78, 5) is 20.0. The fourth-order valence-corrected chi connectivity index (χ4v) is 7.13. The number of aliphatic hydroxyl groups is 4. The van der Waals surface area contributed by atoms with Crippen molar-refractivity contribution in [3.63, 3.8) is 0 Å². The molecule has 12 nitrogen and oxygen atoms in total. The first-order valence-electron chi connectivity index (χ1n) is 15.3. The van der Waals surface area contributed by atoms with Crippen LogP contribution < -0.4 is 10.1 Å². The van der Waals surface area contributed by atoms with Crippen molar-refractivity contribution in [3.05, 3.63) is 35.4 Å². The topological polar surface area (TPSA) is 174 Å². The minimum Gasteiger partial charge on any atom is -0.508 e. The molecule has 12 heteroatoms. The number of carbonyl (C=O) groups is 1. The van der Waals surface area contributed by atoms with E-state index in [0.717, 1.165) is 36.8 Å². The number of hydrogen-bond acceptors (Lipinski definition) is 10. The number of nitrogens with one attached hydrogen (secondary N) is 1. The molecule has 0 radical (unpaired) electrons. The number of oxime groups is 1. The van der Waals surface area contributed by atoms with Crippen LogP contribution in [-0.2, 0) is 9.57 Å². The highest BCUT2D eigenvalue weighted by Gasteiger charge is 2.63. The SMILES string of the molecule is CON=C1CC(N(C)C(=O)NCCOCCO)C2(O)Oc3ccc(O)cc3C3C(CCCCO)C(CCCCO)C=C1C32. The molecule has 1 fully saturated rings. The third-order valence-electron chi connectivity index (χ3n) is 9.01. The number of fused-ring (bicyclic) bond motifs is 2. The monoisotopic (exact) mass is 605 g/mol. The van der Waals surface area contributed by atoms with Gasteiger partial charge in [0.2, 0.25) is 5.79 Å². The number of amides is 2. The number of urea groups is 1. The minimum atomic E-state index is -1.82. The molecule has 2 aliphatic carbocycles. The maximum atomic E-state index is 13.3. The summed E-state index contributed by atoms with van der Waals surface area (Å²) in [5, 5.41) is 58.3. The normalized spacial score (nSPS) is 28.4. The van der Waals surface area contributed by atoms with Crippen LogP contribution in [0.1, 0.15) is 56.4 Å². The van der Waals surface area contributed by atoms with Crippen molar-refractivity contribution in [1.29, 1.82) is 0 Å². The summed E-state index contributed by atoms with van der Waals surface area (Å²) in [6.45, 7) is 0.697. The molecular weight excluding hydrogens is 558 g/mol. The van der Waals surface area contributed by atoms with Gasteiger partial charge in [-0.2, -0.15) is 0 Å². The number of rotatable bonds is 15. The highest BCUT2D eigenvalue weighted by Crippen LogP contribution is 2.60. The van der Waals surface area contributed by atoms with E-state index in [9.17, 15) is 25.2 Å². The van der Waals surface area contributed by atoms with Gasteiger partial charge in [0.15, 0.2) is 0 Å². The van der Waals surface area contributed by atoms with E-state index in [4.69, 9.17) is 19.4 Å². The number of ether oxygens (including phenoxy) is 2. The molecule has 1 aromatic rings. The predicted molar refractivity (Wildman–Crippen MR) is 159 cm³/mol. The number of nitrogens with zero attached hydrogens (tertiary/aromatic N) is 2. The molecule has 4 rings (SSSR count). The lowest BCUT2D eigenvalue weighted by Crippen LogP contribution is -2.69. The fourth-order valence-electron chi connectivity index (χ4n) is 7.13. The van der Waals surface area contributed by atoms with Gasteiger partial charge in [-0.1, -0.05) is 24.1 Å². The van der Waals surface area contributed by atoms with E-state index in [-0.39, 0.29) is 69.5 Å². The number of likely N-dealkylation sites (N-methyl/N-ethyl adjacent to an activating group) is 1. The summed E-state index contributed by atoms with van der Waals surface area (Å²) in [5.74, 6) is -2.08. The number of aliphatic hydroxyl groups excluding tert-OH is 3. The number of hydrogen-bond donors (Lipinski definition) is 6. The molecule has 43 heavy (non-hydrogen) atoms. The van der Waals surface area contributed by atoms with Gasteiger partial charge < -0.3 is 50.1 Å². The van der Waals surface area contributed by atoms with E-state index in [1.165, 1.54) is 18.1 Å². The molecule has 0 bridgehead atoms. The molecule has 240 valence electrons. The van der Waals surface area contributed by atoms with Gasteiger partial charge in [0.1, 0.15) is 24.7 Å². The van der Waals surface area contributed by atoms with Crippen molar-refractivity contribution in [1.82, 2.24) is 10.2 Å². The Morgan fingerprint density at radius 1 is 1.12 bits per heavy atom. The van der Waals surface area contributed by atoms with Gasteiger partial charge in [-0.3, -0.25) is 0 Å². The van der Waals surface area contributed by atoms with E-state index >= 15 is 0 Å². The molecule has 1 aliphatic heterocycles. The highest BCUT2D eigenvalue weighted by molar-refractivity contribution is 6.02. The summed E-state index contributed by atoms with van der Waals surface area (Å²) < 4.78 is 11.7. The van der Waals surface area contributed by atoms with Gasteiger partial charge in [0, 0.05) is 44.7 Å². The Bertz CT molecular complexity index is 1150. The van der Waals surface area contributed by atoms with Crippen molar-refractivity contribution in [3.8, 4) is 11.5 Å². The molecule has 1 heterocycles. The predicted octanol–water partition coefficient (Wildman–Crippen LogP) is 2.10. The average molecular weight is 606 g/mol. The number of carbonyl (C=O) groups excluding carboxylic acids is 1. The zero-order valence-corrected chi connectivity index (χ0v) is 25.2. The van der Waals surface area contributed by atoms with Gasteiger partial charge >= 0.3 is 6.03 Å². The zero-order valence-electron chi connectivity index (χ0n) is 25.2. The number of unbranched alkanes of at least 4 members (excludes halogenated alkanes) is 2. The Morgan fingerprint density at radius 2 is 1.86 bits per heavy atom. The quantitative estimate of drug-likeness (QED) is 0.129. The highest BCUT2D eigenvalue weighted by atomic mass is 16.6. The lowest BCUT2D eigenvalue weighted by atomic mass is 9.55. The maximum absolute atomic E-state index is 13.3. The maximum Gasteiger partial charge on any atom is 0.317 e. The first-order valence-corrected chi connectivity index (χ1v) is 15.3. The van der Waals surface area contributed by atoms with Crippen LogP contribution in [-0.4, -0.2) is 108 Å². The van der Waals surface area contributed by atoms with Crippen LogP contribution >= 0.6 is 0 Å². The van der Waals surface area contributed by atoms with Crippen LogP contribution in [0.2, 0.25) is 0 Å². The first-order chi connectivity index (χ1) is 20.8. The summed E-state index contributed by atoms with van der Waals surface area (Å²) in [5.41, 5.74) is 2.21. The van der Waals surface area contributed by atoms with Crippen molar-refractivity contribution >= 4 is 11.7 Å². The largest absolute Gasteiger partial charge is 0.508 e. The number of allylic oxidation sites excluding steroid dienone is 1. The van der Waals surface area contributed by atoms with Gasteiger partial charge in [0.25, 0.3) is 0 Å². The smallest absolute Gasteiger partial charge is 0.317 e. The lowest BCUT2D eigenvalue weighted by molar-refractivity contribution is -0.226. The molecule has 1 saturated carbocycles. The van der Waals surface area contributed by atoms with E-state index in [1.54, 1.807) is 19.2 Å². The zero-order chi connectivity index (χ0) is 31.0. The Hall–Kier alpha value is -2.90. The van der Waals surface area contributed by atoms with Crippen LogP contribution in [0, 0.1) is 17.8 Å². The second kappa shape index (κ2) is 15.2.